The van der Waals surface area contributed by atoms with E-state index in [0.29, 0.717) is 12.8 Å². The molecule has 6 nitrogen and oxygen atoms in total. The lowest BCUT2D eigenvalue weighted by molar-refractivity contribution is -0.145. The van der Waals surface area contributed by atoms with Crippen molar-refractivity contribution in [2.24, 2.45) is 0 Å². The minimum Gasteiger partial charge on any atom is -0.480 e. The van der Waals surface area contributed by atoms with Crippen LogP contribution in [0.5, 0.6) is 0 Å². The first-order chi connectivity index (χ1) is 8.18. The lowest BCUT2D eigenvalue weighted by atomic mass is 9.98. The molecule has 0 aromatic carbocycles. The maximum absolute atomic E-state index is 11.7. The smallest absolute Gasteiger partial charge is 0.408 e. The number of amides is 1. The van der Waals surface area contributed by atoms with Crippen molar-refractivity contribution < 1.29 is 24.2 Å². The van der Waals surface area contributed by atoms with Gasteiger partial charge < -0.3 is 19.9 Å². The fourth-order valence-corrected chi connectivity index (χ4v) is 2.06. The summed E-state index contributed by atoms with van der Waals surface area (Å²) < 4.78 is 10.2. The first kappa shape index (κ1) is 14.8. The average molecular weight is 259 g/mol. The Morgan fingerprint density at radius 3 is 2.39 bits per heavy atom. The topological polar surface area (TPSA) is 84.9 Å². The number of carboxylic acid groups (broad SMARTS) is 1. The summed E-state index contributed by atoms with van der Waals surface area (Å²) in [5, 5.41) is 11.8. The second kappa shape index (κ2) is 5.14. The van der Waals surface area contributed by atoms with E-state index in [1.54, 1.807) is 20.8 Å². The summed E-state index contributed by atoms with van der Waals surface area (Å²) in [4.78, 5) is 23.0. The van der Waals surface area contributed by atoms with Crippen LogP contribution in [0.1, 0.15) is 40.0 Å². The SMILES string of the molecule is CO[C@@H]1CC[C@](NC(=O)OC(C)(C)C)(C(=O)O)C1. The third-order valence-electron chi connectivity index (χ3n) is 2.95. The molecule has 18 heavy (non-hydrogen) atoms. The molecule has 1 aliphatic carbocycles. The number of ether oxygens (including phenoxy) is 2. The van der Waals surface area contributed by atoms with Gasteiger partial charge in [-0.3, -0.25) is 0 Å². The van der Waals surface area contributed by atoms with E-state index in [1.807, 2.05) is 0 Å². The number of hydrogen-bond donors (Lipinski definition) is 2. The van der Waals surface area contributed by atoms with Crippen molar-refractivity contribution in [2.75, 3.05) is 7.11 Å². The molecule has 0 saturated heterocycles. The average Bonchev–Trinajstić information content (AvgIpc) is 2.59. The lowest BCUT2D eigenvalue weighted by Gasteiger charge is -2.28. The Bertz CT molecular complexity index is 336. The zero-order chi connectivity index (χ0) is 14.0. The lowest BCUT2D eigenvalue weighted by Crippen LogP contribution is -2.54. The van der Waals surface area contributed by atoms with Crippen LogP contribution in [0.3, 0.4) is 0 Å². The number of alkyl carbamates (subject to hydrolysis) is 1. The zero-order valence-electron chi connectivity index (χ0n) is 11.3. The Hall–Kier alpha value is -1.30. The summed E-state index contributed by atoms with van der Waals surface area (Å²) in [5.41, 5.74) is -1.92. The Kier molecular flexibility index (Phi) is 4.21. The summed E-state index contributed by atoms with van der Waals surface area (Å²) in [6.45, 7) is 5.19. The summed E-state index contributed by atoms with van der Waals surface area (Å²) in [6, 6.07) is 0. The predicted molar refractivity (Wildman–Crippen MR) is 64.4 cm³/mol. The molecule has 104 valence electrons. The molecule has 0 radical (unpaired) electrons. The van der Waals surface area contributed by atoms with Gasteiger partial charge in [-0.1, -0.05) is 0 Å². The van der Waals surface area contributed by atoms with Gasteiger partial charge in [0.15, 0.2) is 0 Å². The van der Waals surface area contributed by atoms with Crippen LogP contribution in [-0.4, -0.2) is 41.5 Å². The van der Waals surface area contributed by atoms with Gasteiger partial charge in [-0.05, 0) is 33.6 Å². The molecule has 0 spiro atoms. The highest BCUT2D eigenvalue weighted by Crippen LogP contribution is 2.32. The molecule has 0 aromatic rings. The zero-order valence-corrected chi connectivity index (χ0v) is 11.3. The van der Waals surface area contributed by atoms with Gasteiger partial charge in [-0.15, -0.1) is 0 Å². The molecular weight excluding hydrogens is 238 g/mol. The normalized spacial score (nSPS) is 27.9. The number of carbonyl (C=O) groups is 2. The first-order valence-corrected chi connectivity index (χ1v) is 5.96. The van der Waals surface area contributed by atoms with Gasteiger partial charge in [0.2, 0.25) is 0 Å². The van der Waals surface area contributed by atoms with E-state index < -0.39 is 23.2 Å². The fraction of sp³-hybridized carbons (Fsp3) is 0.833. The third-order valence-corrected chi connectivity index (χ3v) is 2.95. The summed E-state index contributed by atoms with van der Waals surface area (Å²) in [7, 11) is 1.54. The molecule has 0 aromatic heterocycles. The Balaban J connectivity index is 2.71. The van der Waals surface area contributed by atoms with Crippen molar-refractivity contribution in [3.05, 3.63) is 0 Å². The van der Waals surface area contributed by atoms with Crippen molar-refractivity contribution >= 4 is 12.1 Å². The minimum atomic E-state index is -1.27. The van der Waals surface area contributed by atoms with Gasteiger partial charge in [0.05, 0.1) is 6.10 Å². The fourth-order valence-electron chi connectivity index (χ4n) is 2.06. The van der Waals surface area contributed by atoms with Crippen LogP contribution in [-0.2, 0) is 14.3 Å². The number of carbonyl (C=O) groups excluding carboxylic acids is 1. The van der Waals surface area contributed by atoms with E-state index in [9.17, 15) is 14.7 Å². The molecule has 0 bridgehead atoms. The number of rotatable bonds is 3. The standard InChI is InChI=1S/C12H21NO5/c1-11(2,3)18-10(16)13-12(9(14)15)6-5-8(7-12)17-4/h8H,5-7H2,1-4H3,(H,13,16)(H,14,15)/t8-,12-/m1/s1. The van der Waals surface area contributed by atoms with Gasteiger partial charge in [-0.25, -0.2) is 9.59 Å². The molecule has 0 unspecified atom stereocenters. The molecular formula is C12H21NO5. The molecule has 1 fully saturated rings. The first-order valence-electron chi connectivity index (χ1n) is 5.96. The molecule has 0 aliphatic heterocycles. The summed E-state index contributed by atoms with van der Waals surface area (Å²) >= 11 is 0. The number of hydrogen-bond acceptors (Lipinski definition) is 4. The highest BCUT2D eigenvalue weighted by Gasteiger charge is 2.47. The monoisotopic (exact) mass is 259 g/mol. The predicted octanol–water partition coefficient (Wildman–Crippen LogP) is 1.53. The van der Waals surface area contributed by atoms with E-state index in [-0.39, 0.29) is 12.5 Å². The summed E-state index contributed by atoms with van der Waals surface area (Å²) in [5.74, 6) is -1.05. The van der Waals surface area contributed by atoms with E-state index >= 15 is 0 Å². The van der Waals surface area contributed by atoms with Crippen LogP contribution in [0.4, 0.5) is 4.79 Å². The van der Waals surface area contributed by atoms with Gasteiger partial charge in [0.25, 0.3) is 0 Å². The van der Waals surface area contributed by atoms with Crippen molar-refractivity contribution in [1.29, 1.82) is 0 Å². The second-order valence-electron chi connectivity index (χ2n) is 5.61. The highest BCUT2D eigenvalue weighted by atomic mass is 16.6. The molecule has 1 aliphatic rings. The largest absolute Gasteiger partial charge is 0.480 e. The van der Waals surface area contributed by atoms with E-state index in [2.05, 4.69) is 5.32 Å². The van der Waals surface area contributed by atoms with Crippen LogP contribution >= 0.6 is 0 Å². The Morgan fingerprint density at radius 2 is 2.00 bits per heavy atom. The van der Waals surface area contributed by atoms with Crippen molar-refractivity contribution in [1.82, 2.24) is 5.32 Å². The van der Waals surface area contributed by atoms with Gasteiger partial charge in [-0.2, -0.15) is 0 Å². The quantitative estimate of drug-likeness (QED) is 0.803. The van der Waals surface area contributed by atoms with Crippen LogP contribution < -0.4 is 5.32 Å². The summed E-state index contributed by atoms with van der Waals surface area (Å²) in [6.07, 6.45) is 0.370. The van der Waals surface area contributed by atoms with Crippen LogP contribution in [0.2, 0.25) is 0 Å². The van der Waals surface area contributed by atoms with Crippen molar-refractivity contribution in [3.63, 3.8) is 0 Å². The minimum absolute atomic E-state index is 0.143. The molecule has 2 N–H and O–H groups in total. The molecule has 1 rings (SSSR count). The second-order valence-corrected chi connectivity index (χ2v) is 5.61. The van der Waals surface area contributed by atoms with Crippen molar-refractivity contribution in [3.8, 4) is 0 Å². The molecule has 0 heterocycles. The molecule has 6 heteroatoms. The number of methoxy groups -OCH3 is 1. The van der Waals surface area contributed by atoms with Crippen LogP contribution in [0.25, 0.3) is 0 Å². The van der Waals surface area contributed by atoms with Crippen LogP contribution in [0, 0.1) is 0 Å². The Morgan fingerprint density at radius 1 is 1.39 bits per heavy atom. The van der Waals surface area contributed by atoms with Crippen LogP contribution in [0.15, 0.2) is 0 Å². The Labute approximate surface area is 107 Å². The number of aliphatic carboxylic acids is 1. The van der Waals surface area contributed by atoms with E-state index in [0.717, 1.165) is 0 Å². The molecule has 2 atom stereocenters. The maximum atomic E-state index is 11.7. The maximum Gasteiger partial charge on any atom is 0.408 e. The van der Waals surface area contributed by atoms with Gasteiger partial charge in [0, 0.05) is 13.5 Å². The van der Waals surface area contributed by atoms with Gasteiger partial charge in [0.1, 0.15) is 11.1 Å². The highest BCUT2D eigenvalue weighted by molar-refractivity contribution is 5.84. The molecule has 1 saturated carbocycles. The molecule has 1 amide bonds. The van der Waals surface area contributed by atoms with Gasteiger partial charge >= 0.3 is 12.1 Å². The number of nitrogens with one attached hydrogen (secondary N) is 1. The van der Waals surface area contributed by atoms with Crippen molar-refractivity contribution in [2.45, 2.75) is 57.3 Å². The number of carboxylic acids is 1. The van der Waals surface area contributed by atoms with E-state index in [4.69, 9.17) is 9.47 Å². The van der Waals surface area contributed by atoms with E-state index in [1.165, 1.54) is 7.11 Å². The third kappa shape index (κ3) is 3.60.